The molecule has 0 saturated carbocycles. The van der Waals surface area contributed by atoms with Gasteiger partial charge in [0.15, 0.2) is 0 Å². The van der Waals surface area contributed by atoms with E-state index < -0.39 is 0 Å². The lowest BCUT2D eigenvalue weighted by Gasteiger charge is -2.01. The van der Waals surface area contributed by atoms with E-state index in [1.165, 1.54) is 0 Å². The monoisotopic (exact) mass is 173 g/mol. The first-order valence-electron chi connectivity index (χ1n) is 2.31. The van der Waals surface area contributed by atoms with Gasteiger partial charge in [0.05, 0.1) is 4.71 Å². The SMILES string of the molecule is CSC(Cl)CCNCl. The second-order valence-electron chi connectivity index (χ2n) is 1.32. The molecule has 0 aliphatic rings. The Labute approximate surface area is 64.2 Å². The minimum absolute atomic E-state index is 0.196. The molecular weight excluding hydrogens is 165 g/mol. The molecule has 0 rings (SSSR count). The van der Waals surface area contributed by atoms with Gasteiger partial charge in [-0.25, -0.2) is 4.84 Å². The Morgan fingerprint density at radius 2 is 2.38 bits per heavy atom. The molecule has 4 heteroatoms. The highest BCUT2D eigenvalue weighted by Crippen LogP contribution is 2.13. The van der Waals surface area contributed by atoms with Crippen molar-refractivity contribution in [2.24, 2.45) is 0 Å². The predicted octanol–water partition coefficient (Wildman–Crippen LogP) is 2.05. The highest BCUT2D eigenvalue weighted by atomic mass is 35.5. The minimum Gasteiger partial charge on any atom is -0.233 e. The van der Waals surface area contributed by atoms with Crippen LogP contribution in [0.5, 0.6) is 0 Å². The van der Waals surface area contributed by atoms with Crippen molar-refractivity contribution in [3.05, 3.63) is 0 Å². The van der Waals surface area contributed by atoms with Gasteiger partial charge in [0.1, 0.15) is 0 Å². The van der Waals surface area contributed by atoms with Gasteiger partial charge in [-0.2, -0.15) is 0 Å². The number of hydrogen-bond donors (Lipinski definition) is 1. The Hall–Kier alpha value is 0.890. The number of hydrogen-bond acceptors (Lipinski definition) is 2. The van der Waals surface area contributed by atoms with Crippen molar-refractivity contribution in [3.8, 4) is 0 Å². The van der Waals surface area contributed by atoms with Crippen molar-refractivity contribution in [2.75, 3.05) is 12.8 Å². The van der Waals surface area contributed by atoms with Crippen LogP contribution in [0.4, 0.5) is 0 Å². The van der Waals surface area contributed by atoms with Crippen LogP contribution in [-0.4, -0.2) is 17.5 Å². The third kappa shape index (κ3) is 5.04. The first kappa shape index (κ1) is 8.89. The van der Waals surface area contributed by atoms with Crippen LogP contribution < -0.4 is 4.84 Å². The fourth-order valence-electron chi connectivity index (χ4n) is 0.286. The van der Waals surface area contributed by atoms with Crippen LogP contribution in [0, 0.1) is 0 Å². The second-order valence-corrected chi connectivity index (χ2v) is 3.41. The molecule has 0 fully saturated rings. The molecule has 1 unspecified atom stereocenters. The van der Waals surface area contributed by atoms with Gasteiger partial charge in [0.25, 0.3) is 0 Å². The largest absolute Gasteiger partial charge is 0.233 e. The van der Waals surface area contributed by atoms with Crippen molar-refractivity contribution in [1.82, 2.24) is 4.84 Å². The van der Waals surface area contributed by atoms with E-state index in [1.54, 1.807) is 11.8 Å². The van der Waals surface area contributed by atoms with Gasteiger partial charge in [-0.15, -0.1) is 23.4 Å². The topological polar surface area (TPSA) is 12.0 Å². The number of alkyl halides is 1. The minimum atomic E-state index is 0.196. The Morgan fingerprint density at radius 1 is 1.75 bits per heavy atom. The zero-order valence-corrected chi connectivity index (χ0v) is 6.98. The van der Waals surface area contributed by atoms with Crippen molar-refractivity contribution in [3.63, 3.8) is 0 Å². The first-order chi connectivity index (χ1) is 3.81. The van der Waals surface area contributed by atoms with Crippen LogP contribution in [0.2, 0.25) is 0 Å². The molecule has 0 aromatic carbocycles. The fraction of sp³-hybridized carbons (Fsp3) is 1.00. The summed E-state index contributed by atoms with van der Waals surface area (Å²) in [5.74, 6) is 0. The van der Waals surface area contributed by atoms with Gasteiger partial charge in [-0.1, -0.05) is 0 Å². The smallest absolute Gasteiger partial charge is 0.0798 e. The van der Waals surface area contributed by atoms with Gasteiger partial charge in [0.2, 0.25) is 0 Å². The van der Waals surface area contributed by atoms with Crippen molar-refractivity contribution in [1.29, 1.82) is 0 Å². The molecule has 0 aromatic rings. The molecule has 0 radical (unpaired) electrons. The summed E-state index contributed by atoms with van der Waals surface area (Å²) in [4.78, 5) is 2.51. The van der Waals surface area contributed by atoms with Crippen LogP contribution in [-0.2, 0) is 0 Å². The Kier molecular flexibility index (Phi) is 6.69. The van der Waals surface area contributed by atoms with E-state index in [9.17, 15) is 0 Å². The Balaban J connectivity index is 2.86. The van der Waals surface area contributed by atoms with E-state index >= 15 is 0 Å². The van der Waals surface area contributed by atoms with E-state index in [2.05, 4.69) is 4.84 Å². The number of nitrogens with one attached hydrogen (secondary N) is 1. The molecule has 8 heavy (non-hydrogen) atoms. The highest BCUT2D eigenvalue weighted by molar-refractivity contribution is 8.00. The summed E-state index contributed by atoms with van der Waals surface area (Å²) in [7, 11) is 0. The van der Waals surface area contributed by atoms with Crippen molar-refractivity contribution < 1.29 is 0 Å². The molecule has 0 aromatic heterocycles. The summed E-state index contributed by atoms with van der Waals surface area (Å²) in [6, 6.07) is 0. The lowest BCUT2D eigenvalue weighted by molar-refractivity contribution is 0.853. The summed E-state index contributed by atoms with van der Waals surface area (Å²) in [5, 5.41) is 0. The van der Waals surface area contributed by atoms with E-state index in [1.807, 2.05) is 6.26 Å². The fourth-order valence-corrected chi connectivity index (χ4v) is 0.858. The van der Waals surface area contributed by atoms with E-state index in [0.717, 1.165) is 13.0 Å². The third-order valence-electron chi connectivity index (χ3n) is 0.722. The molecule has 1 N–H and O–H groups in total. The van der Waals surface area contributed by atoms with E-state index in [4.69, 9.17) is 23.4 Å². The summed E-state index contributed by atoms with van der Waals surface area (Å²) in [5.41, 5.74) is 0. The van der Waals surface area contributed by atoms with Gasteiger partial charge in [-0.3, -0.25) is 0 Å². The van der Waals surface area contributed by atoms with Crippen LogP contribution in [0.25, 0.3) is 0 Å². The molecule has 0 aliphatic heterocycles. The average Bonchev–Trinajstić information content (AvgIpc) is 1.83. The van der Waals surface area contributed by atoms with Crippen LogP contribution in [0.3, 0.4) is 0 Å². The standard InChI is InChI=1S/C4H9Cl2NS/c1-8-4(5)2-3-7-6/h4,7H,2-3H2,1H3. The normalized spacial score (nSPS) is 13.9. The summed E-state index contributed by atoms with van der Waals surface area (Å²) in [6.45, 7) is 0.774. The molecule has 0 bridgehead atoms. The van der Waals surface area contributed by atoms with Crippen LogP contribution in [0.15, 0.2) is 0 Å². The van der Waals surface area contributed by atoms with Gasteiger partial charge < -0.3 is 0 Å². The number of thioether (sulfide) groups is 1. The third-order valence-corrected chi connectivity index (χ3v) is 2.41. The molecular formula is C4H9Cl2NS. The Morgan fingerprint density at radius 3 is 2.75 bits per heavy atom. The van der Waals surface area contributed by atoms with Gasteiger partial charge in [-0.05, 0) is 24.5 Å². The van der Waals surface area contributed by atoms with Crippen LogP contribution >= 0.6 is 35.1 Å². The lowest BCUT2D eigenvalue weighted by atomic mass is 10.5. The maximum atomic E-state index is 5.71. The van der Waals surface area contributed by atoms with Crippen molar-refractivity contribution in [2.45, 2.75) is 11.1 Å². The molecule has 0 saturated heterocycles. The van der Waals surface area contributed by atoms with Crippen molar-refractivity contribution >= 4 is 35.1 Å². The lowest BCUT2D eigenvalue weighted by Crippen LogP contribution is -2.05. The zero-order chi connectivity index (χ0) is 6.41. The van der Waals surface area contributed by atoms with Crippen LogP contribution in [0.1, 0.15) is 6.42 Å². The average molecular weight is 174 g/mol. The molecule has 50 valence electrons. The summed E-state index contributed by atoms with van der Waals surface area (Å²) >= 11 is 12.5. The first-order valence-corrected chi connectivity index (χ1v) is 4.42. The van der Waals surface area contributed by atoms with E-state index in [0.29, 0.717) is 0 Å². The molecule has 0 amide bonds. The molecule has 1 nitrogen and oxygen atoms in total. The zero-order valence-electron chi connectivity index (χ0n) is 4.66. The second kappa shape index (κ2) is 6.02. The molecule has 0 spiro atoms. The molecule has 0 aliphatic carbocycles. The Bertz CT molecular complexity index is 53.3. The predicted molar refractivity (Wildman–Crippen MR) is 41.6 cm³/mol. The molecule has 1 atom stereocenters. The maximum absolute atomic E-state index is 5.71. The quantitative estimate of drug-likeness (QED) is 0.517. The number of rotatable bonds is 4. The van der Waals surface area contributed by atoms with Gasteiger partial charge >= 0.3 is 0 Å². The summed E-state index contributed by atoms with van der Waals surface area (Å²) < 4.78 is 0.196. The highest BCUT2D eigenvalue weighted by Gasteiger charge is 1.98. The maximum Gasteiger partial charge on any atom is 0.0798 e. The molecule has 0 heterocycles. The van der Waals surface area contributed by atoms with Gasteiger partial charge in [0, 0.05) is 6.54 Å². The number of halogens is 2. The summed E-state index contributed by atoms with van der Waals surface area (Å²) in [6.07, 6.45) is 2.89. The van der Waals surface area contributed by atoms with E-state index in [-0.39, 0.29) is 4.71 Å².